The Balaban J connectivity index is 0. The Bertz CT molecular complexity index is 153. The van der Waals surface area contributed by atoms with Gasteiger partial charge in [-0.3, -0.25) is 4.79 Å². The molecule has 0 saturated heterocycles. The number of hydrogen-bond acceptors (Lipinski definition) is 3. The first-order valence-electron chi connectivity index (χ1n) is 4.56. The fraction of sp³-hybridized carbons (Fsp3) is 0.700. The number of hydrogen-bond donors (Lipinski definition) is 1. The van der Waals surface area contributed by atoms with Crippen LogP contribution in [0.5, 0.6) is 0 Å². The number of allylic oxidation sites excluding steroid dienone is 1. The molecular weight excluding hydrogens is 182 g/mol. The van der Waals surface area contributed by atoms with Gasteiger partial charge in [-0.1, -0.05) is 6.08 Å². The molecule has 84 valence electrons. The maximum absolute atomic E-state index is 9.60. The van der Waals surface area contributed by atoms with Crippen LogP contribution in [0.4, 0.5) is 0 Å². The Morgan fingerprint density at radius 3 is 2.14 bits per heavy atom. The van der Waals surface area contributed by atoms with Crippen molar-refractivity contribution in [2.45, 2.75) is 39.2 Å². The summed E-state index contributed by atoms with van der Waals surface area (Å²) in [5.74, 6) is 0. The van der Waals surface area contributed by atoms with Crippen molar-refractivity contribution in [3.05, 3.63) is 12.3 Å². The molecule has 0 atom stereocenters. The summed E-state index contributed by atoms with van der Waals surface area (Å²) in [6.45, 7) is 7.08. The normalized spacial score (nSPS) is 13.9. The molecule has 0 amide bonds. The van der Waals surface area contributed by atoms with Gasteiger partial charge in [-0.05, 0) is 39.8 Å². The van der Waals surface area contributed by atoms with Crippen LogP contribution >= 0.6 is 0 Å². The summed E-state index contributed by atoms with van der Waals surface area (Å²) in [7, 11) is 0. The van der Waals surface area contributed by atoms with Crippen LogP contribution in [0.15, 0.2) is 12.3 Å². The largest absolute Gasteiger partial charge is 0.462 e. The second-order valence-electron chi connectivity index (χ2n) is 3.83. The first-order chi connectivity index (χ1) is 6.06. The molecule has 0 radical (unpaired) electrons. The Kier molecular flexibility index (Phi) is 9.45. The fourth-order valence-electron chi connectivity index (χ4n) is 0.716. The third kappa shape index (κ3) is 13.6. The Morgan fingerprint density at radius 2 is 2.07 bits per heavy atom. The summed E-state index contributed by atoms with van der Waals surface area (Å²) >= 11 is 0. The summed E-state index contributed by atoms with van der Waals surface area (Å²) in [5.41, 5.74) is -0.318. The van der Waals surface area contributed by atoms with Crippen molar-refractivity contribution in [1.82, 2.24) is 5.32 Å². The van der Waals surface area contributed by atoms with Crippen LogP contribution < -0.4 is 5.32 Å². The fourth-order valence-corrected chi connectivity index (χ4v) is 0.716. The second kappa shape index (κ2) is 8.56. The maximum Gasteiger partial charge on any atom is 0.293 e. The average molecular weight is 203 g/mol. The van der Waals surface area contributed by atoms with E-state index in [4.69, 9.17) is 0 Å². The van der Waals surface area contributed by atoms with Gasteiger partial charge < -0.3 is 15.5 Å². The Hall–Kier alpha value is -1.03. The zero-order valence-electron chi connectivity index (χ0n) is 9.17. The van der Waals surface area contributed by atoms with Gasteiger partial charge in [-0.25, -0.2) is 0 Å². The summed E-state index contributed by atoms with van der Waals surface area (Å²) in [6, 6.07) is 0. The molecule has 0 fully saturated rings. The van der Waals surface area contributed by atoms with Crippen LogP contribution in [0.2, 0.25) is 0 Å². The van der Waals surface area contributed by atoms with Crippen molar-refractivity contribution in [2.24, 2.45) is 0 Å². The van der Waals surface area contributed by atoms with E-state index < -0.39 is 0 Å². The molecule has 1 aliphatic rings. The van der Waals surface area contributed by atoms with E-state index in [2.05, 4.69) is 16.1 Å². The molecule has 0 aromatic carbocycles. The third-order valence-electron chi connectivity index (χ3n) is 1.33. The minimum absolute atomic E-state index is 0. The van der Waals surface area contributed by atoms with Crippen molar-refractivity contribution in [2.75, 3.05) is 6.54 Å². The molecule has 0 aliphatic carbocycles. The predicted molar refractivity (Wildman–Crippen MR) is 56.9 cm³/mol. The van der Waals surface area contributed by atoms with Gasteiger partial charge in [-0.2, -0.15) is 0 Å². The van der Waals surface area contributed by atoms with Gasteiger partial charge >= 0.3 is 0 Å². The highest BCUT2D eigenvalue weighted by atomic mass is 16.5. The zero-order chi connectivity index (χ0) is 10.2. The van der Waals surface area contributed by atoms with Gasteiger partial charge in [0.1, 0.15) is 5.60 Å². The molecule has 4 heteroatoms. The first kappa shape index (κ1) is 15.4. The van der Waals surface area contributed by atoms with Gasteiger partial charge in [0, 0.05) is 6.54 Å². The first-order valence-corrected chi connectivity index (χ1v) is 4.56. The standard InChI is InChI=1S/C5H9N.C5H10O2.H2O/c1-2-4-6-5-3-1;1-5(2,3)7-4-6;/h2,4,6H,1,3,5H2;4H,1-3H3;1H2. The number of carbonyl (C=O) groups is 1. The van der Waals surface area contributed by atoms with Crippen LogP contribution in [0.1, 0.15) is 33.6 Å². The van der Waals surface area contributed by atoms with E-state index in [9.17, 15) is 4.79 Å². The lowest BCUT2D eigenvalue weighted by Crippen LogP contribution is -2.17. The van der Waals surface area contributed by atoms with E-state index >= 15 is 0 Å². The van der Waals surface area contributed by atoms with Gasteiger partial charge in [0.15, 0.2) is 0 Å². The van der Waals surface area contributed by atoms with Crippen molar-refractivity contribution in [3.8, 4) is 0 Å². The Morgan fingerprint density at radius 1 is 1.43 bits per heavy atom. The predicted octanol–water partition coefficient (Wildman–Crippen LogP) is 1.02. The Labute approximate surface area is 85.6 Å². The average Bonchev–Trinajstić information content (AvgIpc) is 2.06. The highest BCUT2D eigenvalue weighted by molar-refractivity contribution is 5.37. The van der Waals surface area contributed by atoms with E-state index in [0.717, 1.165) is 6.54 Å². The van der Waals surface area contributed by atoms with Gasteiger partial charge in [0.2, 0.25) is 0 Å². The number of ether oxygens (including phenoxy) is 1. The van der Waals surface area contributed by atoms with Gasteiger partial charge in [0.25, 0.3) is 6.47 Å². The molecule has 4 nitrogen and oxygen atoms in total. The smallest absolute Gasteiger partial charge is 0.293 e. The molecular formula is C10H21NO3. The van der Waals surface area contributed by atoms with Gasteiger partial charge in [0.05, 0.1) is 0 Å². The van der Waals surface area contributed by atoms with Crippen molar-refractivity contribution in [1.29, 1.82) is 0 Å². The van der Waals surface area contributed by atoms with Crippen molar-refractivity contribution < 1.29 is 15.0 Å². The molecule has 0 aromatic rings. The number of rotatable bonds is 1. The zero-order valence-corrected chi connectivity index (χ0v) is 9.17. The second-order valence-corrected chi connectivity index (χ2v) is 3.83. The molecule has 3 N–H and O–H groups in total. The SMILES string of the molecule is C1=CNCCC1.CC(C)(C)OC=O.O. The van der Waals surface area contributed by atoms with E-state index in [-0.39, 0.29) is 11.1 Å². The molecule has 0 bridgehead atoms. The minimum atomic E-state index is -0.318. The lowest BCUT2D eigenvalue weighted by Gasteiger charge is -2.14. The van der Waals surface area contributed by atoms with Crippen molar-refractivity contribution >= 4 is 6.47 Å². The maximum atomic E-state index is 9.60. The highest BCUT2D eigenvalue weighted by Crippen LogP contribution is 2.02. The number of carbonyl (C=O) groups excluding carboxylic acids is 1. The van der Waals surface area contributed by atoms with E-state index in [1.165, 1.54) is 12.8 Å². The van der Waals surface area contributed by atoms with Gasteiger partial charge in [-0.15, -0.1) is 0 Å². The number of nitrogens with one attached hydrogen (secondary N) is 1. The summed E-state index contributed by atoms with van der Waals surface area (Å²) in [4.78, 5) is 9.60. The molecule has 0 saturated carbocycles. The third-order valence-corrected chi connectivity index (χ3v) is 1.33. The van der Waals surface area contributed by atoms with Crippen LogP contribution in [0.3, 0.4) is 0 Å². The van der Waals surface area contributed by atoms with Crippen LogP contribution in [-0.2, 0) is 9.53 Å². The molecule has 14 heavy (non-hydrogen) atoms. The van der Waals surface area contributed by atoms with E-state index in [1.807, 2.05) is 27.0 Å². The lowest BCUT2D eigenvalue weighted by atomic mass is 10.2. The molecule has 1 aliphatic heterocycles. The topological polar surface area (TPSA) is 69.8 Å². The van der Waals surface area contributed by atoms with Crippen molar-refractivity contribution in [3.63, 3.8) is 0 Å². The highest BCUT2D eigenvalue weighted by Gasteiger charge is 2.07. The van der Waals surface area contributed by atoms with E-state index in [1.54, 1.807) is 0 Å². The lowest BCUT2D eigenvalue weighted by molar-refractivity contribution is -0.138. The van der Waals surface area contributed by atoms with Crippen LogP contribution in [-0.4, -0.2) is 24.1 Å². The molecule has 0 spiro atoms. The summed E-state index contributed by atoms with van der Waals surface area (Å²) < 4.78 is 4.55. The van der Waals surface area contributed by atoms with Crippen LogP contribution in [0, 0.1) is 0 Å². The summed E-state index contributed by atoms with van der Waals surface area (Å²) in [6.07, 6.45) is 6.73. The minimum Gasteiger partial charge on any atom is -0.462 e. The monoisotopic (exact) mass is 203 g/mol. The molecule has 1 heterocycles. The molecule has 0 aromatic heterocycles. The summed E-state index contributed by atoms with van der Waals surface area (Å²) in [5, 5.41) is 3.10. The molecule has 1 rings (SSSR count). The van der Waals surface area contributed by atoms with E-state index in [0.29, 0.717) is 6.47 Å². The quantitative estimate of drug-likeness (QED) is 0.647. The molecule has 0 unspecified atom stereocenters. The van der Waals surface area contributed by atoms with Crippen LogP contribution in [0.25, 0.3) is 0 Å².